The highest BCUT2D eigenvalue weighted by Gasteiger charge is 2.40. The average molecular weight is 383 g/mol. The lowest BCUT2D eigenvalue weighted by atomic mass is 9.79. The number of fused-ring (bicyclic) bond motifs is 4. The van der Waals surface area contributed by atoms with E-state index in [-0.39, 0.29) is 11.9 Å². The van der Waals surface area contributed by atoms with Gasteiger partial charge in [0.1, 0.15) is 5.69 Å². The molecule has 3 aliphatic heterocycles. The Hall–Kier alpha value is -2.43. The molecule has 2 unspecified atom stereocenters. The van der Waals surface area contributed by atoms with Crippen molar-refractivity contribution in [2.75, 3.05) is 20.2 Å². The molecular weight excluding hydrogens is 362 g/mol. The van der Waals surface area contributed by atoms with Crippen LogP contribution in [-0.2, 0) is 9.53 Å². The Morgan fingerprint density at radius 1 is 1.37 bits per heavy atom. The van der Waals surface area contributed by atoms with E-state index in [0.29, 0.717) is 23.2 Å². The summed E-state index contributed by atoms with van der Waals surface area (Å²) in [4.78, 5) is 30.9. The van der Waals surface area contributed by atoms with Crippen LogP contribution in [0.5, 0.6) is 0 Å². The second kappa shape index (κ2) is 7.29. The summed E-state index contributed by atoms with van der Waals surface area (Å²) in [5.41, 5.74) is 1.08. The number of carbonyl (C=O) groups is 2. The molecule has 0 radical (unpaired) electrons. The first-order chi connectivity index (χ1) is 13.1. The summed E-state index contributed by atoms with van der Waals surface area (Å²) in [6.07, 6.45) is 3.97. The summed E-state index contributed by atoms with van der Waals surface area (Å²) in [6.45, 7) is 4.44. The van der Waals surface area contributed by atoms with E-state index in [9.17, 15) is 9.59 Å². The zero-order chi connectivity index (χ0) is 19.0. The lowest BCUT2D eigenvalue weighted by molar-refractivity contribution is -0.133. The smallest absolute Gasteiger partial charge is 0.384 e. The van der Waals surface area contributed by atoms with Crippen LogP contribution in [0, 0.1) is 17.8 Å². The van der Waals surface area contributed by atoms with Gasteiger partial charge in [0.05, 0.1) is 11.8 Å². The van der Waals surface area contributed by atoms with Gasteiger partial charge in [-0.25, -0.2) is 9.78 Å². The zero-order valence-corrected chi connectivity index (χ0v) is 16.1. The van der Waals surface area contributed by atoms with Crippen molar-refractivity contribution in [3.63, 3.8) is 0 Å². The van der Waals surface area contributed by atoms with Gasteiger partial charge in [-0.1, -0.05) is 5.92 Å². The van der Waals surface area contributed by atoms with Gasteiger partial charge >= 0.3 is 5.97 Å². The predicted molar refractivity (Wildman–Crippen MR) is 104 cm³/mol. The van der Waals surface area contributed by atoms with Gasteiger partial charge in [-0.2, -0.15) is 0 Å². The van der Waals surface area contributed by atoms with E-state index >= 15 is 0 Å². The summed E-state index contributed by atoms with van der Waals surface area (Å²) in [5, 5.41) is 5.89. The van der Waals surface area contributed by atoms with E-state index in [1.807, 2.05) is 5.38 Å². The summed E-state index contributed by atoms with van der Waals surface area (Å²) in [6, 6.07) is 2.28. The van der Waals surface area contributed by atoms with Crippen LogP contribution < -0.4 is 5.32 Å². The number of rotatable bonds is 2. The van der Waals surface area contributed by atoms with E-state index in [1.165, 1.54) is 18.4 Å². The van der Waals surface area contributed by atoms with Gasteiger partial charge in [0.2, 0.25) is 0 Å². The monoisotopic (exact) mass is 383 g/mol. The van der Waals surface area contributed by atoms with Gasteiger partial charge in [0, 0.05) is 40.5 Å². The second-order valence-corrected chi connectivity index (χ2v) is 7.98. The molecule has 5 heterocycles. The number of esters is 1. The highest BCUT2D eigenvalue weighted by Crippen LogP contribution is 2.32. The summed E-state index contributed by atoms with van der Waals surface area (Å²) in [7, 11) is 1.30. The molecule has 27 heavy (non-hydrogen) atoms. The molecule has 3 fully saturated rings. The largest absolute Gasteiger partial charge is 0.459 e. The standard InChI is InChI=1S/C20H21N3O3S/c1-12-19(13-5-7-23(12)8-6-13)22-20(25)16-9-15-14(3-4-18(24)26-2)11-27-17(15)10-21-16/h9-13,19H,5-8H2,1-2H3,(H,22,25). The molecule has 1 amide bonds. The highest BCUT2D eigenvalue weighted by molar-refractivity contribution is 7.17. The minimum absolute atomic E-state index is 0.152. The number of thiophene rings is 1. The fourth-order valence-corrected chi connectivity index (χ4v) is 4.93. The van der Waals surface area contributed by atoms with Crippen molar-refractivity contribution < 1.29 is 14.3 Å². The third-order valence-corrected chi connectivity index (χ3v) is 6.59. The first kappa shape index (κ1) is 18.0. The SMILES string of the molecule is COC(=O)C#Cc1csc2cnc(C(=O)NC3C4CCN(CC4)C3C)cc12. The van der Waals surface area contributed by atoms with Crippen molar-refractivity contribution in [3.8, 4) is 11.8 Å². The molecule has 140 valence electrons. The number of hydrogen-bond donors (Lipinski definition) is 1. The Morgan fingerprint density at radius 3 is 2.85 bits per heavy atom. The molecule has 0 aliphatic carbocycles. The number of carbonyl (C=O) groups excluding carboxylic acids is 2. The minimum Gasteiger partial charge on any atom is -0.459 e. The number of nitrogens with one attached hydrogen (secondary N) is 1. The molecule has 2 bridgehead atoms. The van der Waals surface area contributed by atoms with Crippen LogP contribution in [0.1, 0.15) is 35.8 Å². The number of amides is 1. The first-order valence-corrected chi connectivity index (χ1v) is 9.97. The van der Waals surface area contributed by atoms with Gasteiger partial charge in [-0.3, -0.25) is 9.69 Å². The third kappa shape index (κ3) is 3.43. The van der Waals surface area contributed by atoms with Crippen molar-refractivity contribution in [1.82, 2.24) is 15.2 Å². The van der Waals surface area contributed by atoms with Crippen LogP contribution in [0.3, 0.4) is 0 Å². The summed E-state index contributed by atoms with van der Waals surface area (Å²) < 4.78 is 5.48. The normalized spacial score (nSPS) is 26.3. The van der Waals surface area contributed by atoms with Crippen molar-refractivity contribution in [2.45, 2.75) is 31.8 Å². The van der Waals surface area contributed by atoms with Crippen LogP contribution >= 0.6 is 11.3 Å². The molecule has 2 aromatic rings. The van der Waals surface area contributed by atoms with Crippen LogP contribution in [-0.4, -0.2) is 54.0 Å². The van der Waals surface area contributed by atoms with E-state index in [2.05, 4.69) is 38.7 Å². The van der Waals surface area contributed by atoms with Crippen LogP contribution in [0.2, 0.25) is 0 Å². The number of methoxy groups -OCH3 is 1. The summed E-state index contributed by atoms with van der Waals surface area (Å²) in [5.74, 6) is 5.05. The molecule has 0 spiro atoms. The van der Waals surface area contributed by atoms with Gasteiger partial charge in [-0.15, -0.1) is 11.3 Å². The van der Waals surface area contributed by atoms with Gasteiger partial charge < -0.3 is 10.1 Å². The Bertz CT molecular complexity index is 948. The minimum atomic E-state index is -0.585. The fourth-order valence-electron chi connectivity index (χ4n) is 4.09. The van der Waals surface area contributed by atoms with Crippen LogP contribution in [0.15, 0.2) is 17.6 Å². The second-order valence-electron chi connectivity index (χ2n) is 7.07. The number of hydrogen-bond acceptors (Lipinski definition) is 6. The molecule has 0 saturated carbocycles. The molecule has 3 saturated heterocycles. The lowest BCUT2D eigenvalue weighted by Gasteiger charge is -2.49. The zero-order valence-electron chi connectivity index (χ0n) is 15.3. The third-order valence-electron chi connectivity index (χ3n) is 5.65. The van der Waals surface area contributed by atoms with Crippen molar-refractivity contribution in [3.05, 3.63) is 28.9 Å². The number of ether oxygens (including phenoxy) is 1. The number of pyridine rings is 1. The van der Waals surface area contributed by atoms with Crippen LogP contribution in [0.25, 0.3) is 10.1 Å². The molecule has 7 heteroatoms. The lowest BCUT2D eigenvalue weighted by Crippen LogP contribution is -2.62. The molecule has 3 aliphatic rings. The van der Waals surface area contributed by atoms with Gasteiger partial charge in [-0.05, 0) is 44.8 Å². The van der Waals surface area contributed by atoms with Crippen molar-refractivity contribution in [2.24, 2.45) is 5.92 Å². The van der Waals surface area contributed by atoms with Crippen LogP contribution in [0.4, 0.5) is 0 Å². The Balaban J connectivity index is 1.57. The number of piperidine rings is 3. The molecule has 2 aromatic heterocycles. The maximum absolute atomic E-state index is 12.8. The number of aromatic nitrogens is 1. The summed E-state index contributed by atoms with van der Waals surface area (Å²) >= 11 is 1.48. The fraction of sp³-hybridized carbons (Fsp3) is 0.450. The molecule has 1 N–H and O–H groups in total. The van der Waals surface area contributed by atoms with Gasteiger partial charge in [0.15, 0.2) is 0 Å². The maximum Gasteiger partial charge on any atom is 0.384 e. The first-order valence-electron chi connectivity index (χ1n) is 9.09. The molecule has 0 aromatic carbocycles. The average Bonchev–Trinajstić information content (AvgIpc) is 3.11. The topological polar surface area (TPSA) is 71.5 Å². The molecule has 5 rings (SSSR count). The Kier molecular flexibility index (Phi) is 4.85. The van der Waals surface area contributed by atoms with Crippen molar-refractivity contribution in [1.29, 1.82) is 0 Å². The molecule has 6 nitrogen and oxygen atoms in total. The van der Waals surface area contributed by atoms with E-state index in [0.717, 1.165) is 36.0 Å². The number of nitrogens with zero attached hydrogens (tertiary/aromatic N) is 2. The highest BCUT2D eigenvalue weighted by atomic mass is 32.1. The Labute approximate surface area is 161 Å². The predicted octanol–water partition coefficient (Wildman–Crippen LogP) is 2.03. The maximum atomic E-state index is 12.8. The Morgan fingerprint density at radius 2 is 2.15 bits per heavy atom. The quantitative estimate of drug-likeness (QED) is 0.635. The molecule has 2 atom stereocenters. The van der Waals surface area contributed by atoms with Crippen molar-refractivity contribution >= 4 is 33.3 Å². The van der Waals surface area contributed by atoms with E-state index < -0.39 is 5.97 Å². The van der Waals surface area contributed by atoms with E-state index in [4.69, 9.17) is 0 Å². The molecular formula is C20H21N3O3S. The van der Waals surface area contributed by atoms with E-state index in [1.54, 1.807) is 12.3 Å². The van der Waals surface area contributed by atoms with Gasteiger partial charge in [0.25, 0.3) is 5.91 Å².